The van der Waals surface area contributed by atoms with Crippen molar-refractivity contribution in [1.29, 1.82) is 0 Å². The molecule has 0 saturated carbocycles. The zero-order chi connectivity index (χ0) is 14.4. The molecule has 0 aromatic heterocycles. The van der Waals surface area contributed by atoms with Crippen LogP contribution >= 0.6 is 0 Å². The second-order valence-corrected chi connectivity index (χ2v) is 4.51. The third-order valence-corrected chi connectivity index (χ3v) is 3.30. The summed E-state index contributed by atoms with van der Waals surface area (Å²) >= 11 is 0. The van der Waals surface area contributed by atoms with Crippen LogP contribution in [0.15, 0.2) is 54.6 Å². The third kappa shape index (κ3) is 3.18. The van der Waals surface area contributed by atoms with E-state index in [0.717, 1.165) is 16.8 Å². The lowest BCUT2D eigenvalue weighted by molar-refractivity contribution is 0.217. The first-order valence-corrected chi connectivity index (χ1v) is 6.96. The predicted octanol–water partition coefficient (Wildman–Crippen LogP) is 4.23. The summed E-state index contributed by atoms with van der Waals surface area (Å²) in [5.41, 5.74) is 2.98. The number of nitrogens with zero attached hydrogens (tertiary/aromatic N) is 1. The van der Waals surface area contributed by atoms with Crippen LogP contribution in [-0.4, -0.2) is 24.0 Å². The molecule has 0 atom stereocenters. The Balaban J connectivity index is 2.27. The van der Waals surface area contributed by atoms with Gasteiger partial charge in [-0.1, -0.05) is 48.5 Å². The van der Waals surface area contributed by atoms with Crippen molar-refractivity contribution < 1.29 is 4.79 Å². The van der Waals surface area contributed by atoms with Crippen LogP contribution in [0.25, 0.3) is 11.1 Å². The molecule has 0 spiro atoms. The molecule has 20 heavy (non-hydrogen) atoms. The lowest BCUT2D eigenvalue weighted by Crippen LogP contribution is -2.34. The van der Waals surface area contributed by atoms with Gasteiger partial charge < -0.3 is 10.2 Å². The SMILES string of the molecule is CCN(CC)C(=O)Nc1ccccc1-c1ccccc1. The average molecular weight is 268 g/mol. The number of rotatable bonds is 4. The predicted molar refractivity (Wildman–Crippen MR) is 83.8 cm³/mol. The summed E-state index contributed by atoms with van der Waals surface area (Å²) in [6, 6.07) is 17.9. The molecule has 0 aliphatic rings. The van der Waals surface area contributed by atoms with Gasteiger partial charge >= 0.3 is 6.03 Å². The molecule has 0 bridgehead atoms. The van der Waals surface area contributed by atoms with Crippen molar-refractivity contribution in [2.24, 2.45) is 0 Å². The smallest absolute Gasteiger partial charge is 0.321 e. The molecule has 0 radical (unpaired) electrons. The van der Waals surface area contributed by atoms with Gasteiger partial charge in [0, 0.05) is 18.7 Å². The third-order valence-electron chi connectivity index (χ3n) is 3.30. The quantitative estimate of drug-likeness (QED) is 0.884. The molecular formula is C17H20N2O. The first-order valence-electron chi connectivity index (χ1n) is 6.96. The molecule has 0 heterocycles. The minimum absolute atomic E-state index is 0.0571. The first kappa shape index (κ1) is 14.1. The summed E-state index contributed by atoms with van der Waals surface area (Å²) in [5, 5.41) is 3.00. The Morgan fingerprint density at radius 3 is 2.20 bits per heavy atom. The highest BCUT2D eigenvalue weighted by molar-refractivity contribution is 5.94. The Kier molecular flexibility index (Phi) is 4.77. The fraction of sp³-hybridized carbons (Fsp3) is 0.235. The summed E-state index contributed by atoms with van der Waals surface area (Å²) in [6.07, 6.45) is 0. The van der Waals surface area contributed by atoms with Crippen molar-refractivity contribution in [3.05, 3.63) is 54.6 Å². The molecule has 1 N–H and O–H groups in total. The molecule has 3 heteroatoms. The van der Waals surface area contributed by atoms with E-state index in [1.54, 1.807) is 4.90 Å². The topological polar surface area (TPSA) is 32.3 Å². The molecule has 3 nitrogen and oxygen atoms in total. The fourth-order valence-corrected chi connectivity index (χ4v) is 2.17. The van der Waals surface area contributed by atoms with E-state index < -0.39 is 0 Å². The van der Waals surface area contributed by atoms with Gasteiger partial charge in [0.1, 0.15) is 0 Å². The Morgan fingerprint density at radius 1 is 0.950 bits per heavy atom. The summed E-state index contributed by atoms with van der Waals surface area (Å²) in [5.74, 6) is 0. The molecular weight excluding hydrogens is 248 g/mol. The highest BCUT2D eigenvalue weighted by atomic mass is 16.2. The van der Waals surface area contributed by atoms with Crippen LogP contribution in [0.5, 0.6) is 0 Å². The molecule has 0 fully saturated rings. The fourth-order valence-electron chi connectivity index (χ4n) is 2.17. The van der Waals surface area contributed by atoms with Crippen LogP contribution in [0, 0.1) is 0 Å². The maximum atomic E-state index is 12.2. The first-order chi connectivity index (χ1) is 9.76. The van der Waals surface area contributed by atoms with Gasteiger partial charge in [0.2, 0.25) is 0 Å². The highest BCUT2D eigenvalue weighted by Crippen LogP contribution is 2.27. The van der Waals surface area contributed by atoms with Crippen molar-refractivity contribution in [3.8, 4) is 11.1 Å². The molecule has 0 unspecified atom stereocenters. The van der Waals surface area contributed by atoms with E-state index in [1.165, 1.54) is 0 Å². The van der Waals surface area contributed by atoms with Crippen molar-refractivity contribution in [2.75, 3.05) is 18.4 Å². The second-order valence-electron chi connectivity index (χ2n) is 4.51. The Bertz CT molecular complexity index is 562. The number of benzene rings is 2. The van der Waals surface area contributed by atoms with Crippen LogP contribution in [0.1, 0.15) is 13.8 Å². The number of anilines is 1. The lowest BCUT2D eigenvalue weighted by Gasteiger charge is -2.20. The summed E-state index contributed by atoms with van der Waals surface area (Å²) < 4.78 is 0. The van der Waals surface area contributed by atoms with Crippen LogP contribution < -0.4 is 5.32 Å². The van der Waals surface area contributed by atoms with E-state index in [0.29, 0.717) is 13.1 Å². The monoisotopic (exact) mass is 268 g/mol. The maximum absolute atomic E-state index is 12.2. The van der Waals surface area contributed by atoms with Crippen molar-refractivity contribution in [1.82, 2.24) is 4.90 Å². The van der Waals surface area contributed by atoms with Gasteiger partial charge in [-0.3, -0.25) is 0 Å². The molecule has 2 rings (SSSR count). The normalized spacial score (nSPS) is 10.1. The van der Waals surface area contributed by atoms with Gasteiger partial charge in [-0.25, -0.2) is 4.79 Å². The van der Waals surface area contributed by atoms with Crippen LogP contribution in [0.4, 0.5) is 10.5 Å². The van der Waals surface area contributed by atoms with E-state index in [2.05, 4.69) is 5.32 Å². The Morgan fingerprint density at radius 2 is 1.55 bits per heavy atom. The summed E-state index contributed by atoms with van der Waals surface area (Å²) in [6.45, 7) is 5.37. The van der Waals surface area contributed by atoms with Gasteiger partial charge in [0.25, 0.3) is 0 Å². The number of amides is 2. The summed E-state index contributed by atoms with van der Waals surface area (Å²) in [7, 11) is 0. The number of nitrogens with one attached hydrogen (secondary N) is 1. The van der Waals surface area contributed by atoms with Crippen LogP contribution in [0.3, 0.4) is 0 Å². The van der Waals surface area contributed by atoms with Gasteiger partial charge in [-0.05, 0) is 25.5 Å². The van der Waals surface area contributed by atoms with E-state index in [9.17, 15) is 4.79 Å². The Hall–Kier alpha value is -2.29. The number of hydrogen-bond acceptors (Lipinski definition) is 1. The standard InChI is InChI=1S/C17H20N2O/c1-3-19(4-2)17(20)18-16-13-9-8-12-15(16)14-10-6-5-7-11-14/h5-13H,3-4H2,1-2H3,(H,18,20). The van der Waals surface area contributed by atoms with Crippen molar-refractivity contribution >= 4 is 11.7 Å². The van der Waals surface area contributed by atoms with E-state index in [-0.39, 0.29) is 6.03 Å². The van der Waals surface area contributed by atoms with Crippen LogP contribution in [0.2, 0.25) is 0 Å². The minimum atomic E-state index is -0.0571. The van der Waals surface area contributed by atoms with Gasteiger partial charge in [-0.2, -0.15) is 0 Å². The highest BCUT2D eigenvalue weighted by Gasteiger charge is 2.12. The average Bonchev–Trinajstić information content (AvgIpc) is 2.50. The molecule has 0 saturated heterocycles. The Labute approximate surface area is 120 Å². The van der Waals surface area contributed by atoms with Gasteiger partial charge in [-0.15, -0.1) is 0 Å². The van der Waals surface area contributed by atoms with Gasteiger partial charge in [0.05, 0.1) is 5.69 Å². The number of urea groups is 1. The minimum Gasteiger partial charge on any atom is -0.325 e. The molecule has 0 aliphatic carbocycles. The van der Waals surface area contributed by atoms with Gasteiger partial charge in [0.15, 0.2) is 0 Å². The molecule has 0 aliphatic heterocycles. The number of para-hydroxylation sites is 1. The van der Waals surface area contributed by atoms with Crippen molar-refractivity contribution in [3.63, 3.8) is 0 Å². The van der Waals surface area contributed by atoms with Crippen LogP contribution in [-0.2, 0) is 0 Å². The zero-order valence-corrected chi connectivity index (χ0v) is 12.0. The summed E-state index contributed by atoms with van der Waals surface area (Å²) in [4.78, 5) is 13.9. The molecule has 2 aromatic carbocycles. The number of carbonyl (C=O) groups excluding carboxylic acids is 1. The lowest BCUT2D eigenvalue weighted by atomic mass is 10.0. The number of hydrogen-bond donors (Lipinski definition) is 1. The van der Waals surface area contributed by atoms with E-state index >= 15 is 0 Å². The number of carbonyl (C=O) groups is 1. The van der Waals surface area contributed by atoms with Crippen molar-refractivity contribution in [2.45, 2.75) is 13.8 Å². The van der Waals surface area contributed by atoms with E-state index in [1.807, 2.05) is 68.4 Å². The second kappa shape index (κ2) is 6.75. The molecule has 2 amide bonds. The molecule has 104 valence electrons. The maximum Gasteiger partial charge on any atom is 0.321 e. The largest absolute Gasteiger partial charge is 0.325 e. The molecule has 2 aromatic rings. The zero-order valence-electron chi connectivity index (χ0n) is 12.0. The van der Waals surface area contributed by atoms with E-state index in [4.69, 9.17) is 0 Å².